The Labute approximate surface area is 139 Å². The highest BCUT2D eigenvalue weighted by Gasteiger charge is 2.14. The molecule has 120 valence electrons. The van der Waals surface area contributed by atoms with E-state index >= 15 is 0 Å². The minimum atomic E-state index is -0.806. The first-order valence-corrected chi connectivity index (χ1v) is 6.94. The van der Waals surface area contributed by atoms with Crippen LogP contribution in [0.15, 0.2) is 36.4 Å². The number of hydrogen-bond donors (Lipinski definition) is 1. The minimum Gasteiger partial charge on any atom is -0.481 e. The van der Waals surface area contributed by atoms with Gasteiger partial charge < -0.3 is 10.1 Å². The molecule has 9 heteroatoms. The van der Waals surface area contributed by atoms with Crippen molar-refractivity contribution in [1.82, 2.24) is 0 Å². The van der Waals surface area contributed by atoms with E-state index in [1.807, 2.05) is 0 Å². The largest absolute Gasteiger partial charge is 0.481 e. The third kappa shape index (κ3) is 4.30. The lowest BCUT2D eigenvalue weighted by Gasteiger charge is -2.10. The molecule has 0 saturated carbocycles. The number of nitrogens with one attached hydrogen (secondary N) is 1. The Morgan fingerprint density at radius 2 is 1.91 bits per heavy atom. The summed E-state index contributed by atoms with van der Waals surface area (Å²) in [7, 11) is 0. The molecule has 0 unspecified atom stereocenters. The number of para-hydroxylation sites is 1. The highest BCUT2D eigenvalue weighted by molar-refractivity contribution is 6.37. The Kier molecular flexibility index (Phi) is 5.36. The van der Waals surface area contributed by atoms with Crippen LogP contribution >= 0.6 is 23.2 Å². The average Bonchev–Trinajstić information content (AvgIpc) is 2.48. The number of carbonyl (C=O) groups is 1. The second-order valence-electron chi connectivity index (χ2n) is 4.31. The van der Waals surface area contributed by atoms with Crippen LogP contribution in [0.25, 0.3) is 0 Å². The second-order valence-corrected chi connectivity index (χ2v) is 5.12. The lowest BCUT2D eigenvalue weighted by atomic mass is 10.2. The molecule has 0 aromatic heterocycles. The number of benzene rings is 2. The summed E-state index contributed by atoms with van der Waals surface area (Å²) in [6, 6.07) is 7.46. The summed E-state index contributed by atoms with van der Waals surface area (Å²) < 4.78 is 18.8. The van der Waals surface area contributed by atoms with Crippen molar-refractivity contribution in [3.63, 3.8) is 0 Å². The fraction of sp³-hybridized carbons (Fsp3) is 0.0714. The number of anilines is 1. The molecular formula is C14H9Cl2FN2O4. The number of nitro benzene ring substituents is 1. The summed E-state index contributed by atoms with van der Waals surface area (Å²) in [6.07, 6.45) is 0. The molecule has 1 amide bonds. The van der Waals surface area contributed by atoms with Gasteiger partial charge in [-0.25, -0.2) is 4.39 Å². The van der Waals surface area contributed by atoms with E-state index in [4.69, 9.17) is 27.9 Å². The Hall–Kier alpha value is -2.38. The van der Waals surface area contributed by atoms with Crippen molar-refractivity contribution < 1.29 is 18.8 Å². The van der Waals surface area contributed by atoms with E-state index in [0.29, 0.717) is 0 Å². The van der Waals surface area contributed by atoms with E-state index < -0.39 is 23.3 Å². The molecule has 0 fully saturated rings. The normalized spacial score (nSPS) is 10.2. The maximum Gasteiger partial charge on any atom is 0.271 e. The van der Waals surface area contributed by atoms with E-state index in [1.54, 1.807) is 6.07 Å². The highest BCUT2D eigenvalue weighted by atomic mass is 35.5. The first-order chi connectivity index (χ1) is 10.9. The molecule has 0 heterocycles. The predicted molar refractivity (Wildman–Crippen MR) is 83.6 cm³/mol. The highest BCUT2D eigenvalue weighted by Crippen LogP contribution is 2.32. The molecule has 2 aromatic rings. The zero-order chi connectivity index (χ0) is 17.0. The zero-order valence-electron chi connectivity index (χ0n) is 11.4. The summed E-state index contributed by atoms with van der Waals surface area (Å²) in [5.74, 6) is -1.41. The number of carbonyl (C=O) groups excluding carboxylic acids is 1. The molecule has 0 radical (unpaired) electrons. The molecule has 23 heavy (non-hydrogen) atoms. The minimum absolute atomic E-state index is 0.116. The van der Waals surface area contributed by atoms with Gasteiger partial charge in [-0.05, 0) is 18.2 Å². The number of ether oxygens (including phenoxy) is 1. The topological polar surface area (TPSA) is 81.5 Å². The summed E-state index contributed by atoms with van der Waals surface area (Å²) in [4.78, 5) is 21.7. The monoisotopic (exact) mass is 358 g/mol. The lowest BCUT2D eigenvalue weighted by molar-refractivity contribution is -0.384. The van der Waals surface area contributed by atoms with Crippen molar-refractivity contribution in [3.05, 3.63) is 62.4 Å². The van der Waals surface area contributed by atoms with E-state index in [0.717, 1.165) is 18.2 Å². The standard InChI is InChI=1S/C14H9Cl2FN2O4/c15-9-2-1-3-10(16)14(9)23-7-13(20)18-12-6-8(19(21)22)4-5-11(12)17/h1-6H,7H2,(H,18,20). The Balaban J connectivity index is 2.06. The van der Waals surface area contributed by atoms with Crippen molar-refractivity contribution in [2.45, 2.75) is 0 Å². The van der Waals surface area contributed by atoms with Crippen LogP contribution in [0.3, 0.4) is 0 Å². The molecule has 6 nitrogen and oxygen atoms in total. The van der Waals surface area contributed by atoms with E-state index in [2.05, 4.69) is 5.32 Å². The first-order valence-electron chi connectivity index (χ1n) is 6.19. The van der Waals surface area contributed by atoms with Gasteiger partial charge in [0.15, 0.2) is 12.4 Å². The van der Waals surface area contributed by atoms with Crippen LogP contribution in [-0.4, -0.2) is 17.4 Å². The molecule has 0 bridgehead atoms. The van der Waals surface area contributed by atoms with Gasteiger partial charge in [0.25, 0.3) is 11.6 Å². The fourth-order valence-corrected chi connectivity index (χ4v) is 2.17. The van der Waals surface area contributed by atoms with Gasteiger partial charge in [-0.2, -0.15) is 0 Å². The number of non-ortho nitro benzene ring substituents is 1. The molecule has 2 rings (SSSR count). The first kappa shape index (κ1) is 17.0. The van der Waals surface area contributed by atoms with Gasteiger partial charge in [-0.15, -0.1) is 0 Å². The van der Waals surface area contributed by atoms with Gasteiger partial charge in [-0.3, -0.25) is 14.9 Å². The molecule has 0 atom stereocenters. The van der Waals surface area contributed by atoms with Crippen LogP contribution in [-0.2, 0) is 4.79 Å². The molecule has 0 aliphatic carbocycles. The van der Waals surface area contributed by atoms with E-state index in [1.165, 1.54) is 12.1 Å². The maximum atomic E-state index is 13.6. The van der Waals surface area contributed by atoms with Crippen LogP contribution in [0.5, 0.6) is 5.75 Å². The van der Waals surface area contributed by atoms with Gasteiger partial charge in [0, 0.05) is 12.1 Å². The quantitative estimate of drug-likeness (QED) is 0.645. The zero-order valence-corrected chi connectivity index (χ0v) is 12.9. The van der Waals surface area contributed by atoms with Gasteiger partial charge in [0.1, 0.15) is 5.82 Å². The summed E-state index contributed by atoms with van der Waals surface area (Å²) in [5, 5.41) is 13.3. The Morgan fingerprint density at radius 3 is 2.52 bits per heavy atom. The van der Waals surface area contributed by atoms with Gasteiger partial charge in [-0.1, -0.05) is 29.3 Å². The summed E-state index contributed by atoms with van der Waals surface area (Å²) in [6.45, 7) is -0.494. The van der Waals surface area contributed by atoms with Crippen molar-refractivity contribution in [2.75, 3.05) is 11.9 Å². The third-order valence-electron chi connectivity index (χ3n) is 2.70. The summed E-state index contributed by atoms with van der Waals surface area (Å²) >= 11 is 11.8. The van der Waals surface area contributed by atoms with Crippen molar-refractivity contribution >= 4 is 40.5 Å². The Morgan fingerprint density at radius 1 is 1.26 bits per heavy atom. The maximum absolute atomic E-state index is 13.6. The van der Waals surface area contributed by atoms with Crippen LogP contribution in [0.2, 0.25) is 10.0 Å². The van der Waals surface area contributed by atoms with E-state index in [9.17, 15) is 19.3 Å². The number of halogens is 3. The summed E-state index contributed by atoms with van der Waals surface area (Å²) in [5.41, 5.74) is -0.671. The van der Waals surface area contributed by atoms with Gasteiger partial charge >= 0.3 is 0 Å². The molecule has 2 aromatic carbocycles. The third-order valence-corrected chi connectivity index (χ3v) is 3.30. The smallest absolute Gasteiger partial charge is 0.271 e. The van der Waals surface area contributed by atoms with Crippen LogP contribution in [0, 0.1) is 15.9 Å². The number of rotatable bonds is 5. The molecule has 0 saturated heterocycles. The molecular weight excluding hydrogens is 350 g/mol. The van der Waals surface area contributed by atoms with Gasteiger partial charge in [0.2, 0.25) is 0 Å². The average molecular weight is 359 g/mol. The van der Waals surface area contributed by atoms with Gasteiger partial charge in [0.05, 0.1) is 20.7 Å². The van der Waals surface area contributed by atoms with Crippen molar-refractivity contribution in [3.8, 4) is 5.75 Å². The number of nitro groups is 1. The van der Waals surface area contributed by atoms with Crippen LogP contribution in [0.1, 0.15) is 0 Å². The molecule has 1 N–H and O–H groups in total. The Bertz CT molecular complexity index is 750. The number of nitrogens with zero attached hydrogens (tertiary/aromatic N) is 1. The molecule has 0 aliphatic heterocycles. The number of amides is 1. The van der Waals surface area contributed by atoms with Crippen molar-refractivity contribution in [1.29, 1.82) is 0 Å². The predicted octanol–water partition coefficient (Wildman–Crippen LogP) is 4.06. The lowest BCUT2D eigenvalue weighted by Crippen LogP contribution is -2.21. The molecule has 0 spiro atoms. The van der Waals surface area contributed by atoms with Crippen LogP contribution in [0.4, 0.5) is 15.8 Å². The molecule has 0 aliphatic rings. The van der Waals surface area contributed by atoms with Crippen molar-refractivity contribution in [2.24, 2.45) is 0 Å². The van der Waals surface area contributed by atoms with Crippen LogP contribution < -0.4 is 10.1 Å². The fourth-order valence-electron chi connectivity index (χ4n) is 1.67. The SMILES string of the molecule is O=C(COc1c(Cl)cccc1Cl)Nc1cc([N+](=O)[O-])ccc1F. The second kappa shape index (κ2) is 7.26. The number of hydrogen-bond acceptors (Lipinski definition) is 4. The van der Waals surface area contributed by atoms with E-state index in [-0.39, 0.29) is 27.2 Å².